The van der Waals surface area contributed by atoms with Gasteiger partial charge in [-0.15, -0.1) is 0 Å². The van der Waals surface area contributed by atoms with Gasteiger partial charge in [0.2, 0.25) is 5.91 Å². The molecule has 8 heteroatoms. The number of rotatable bonds is 7. The second kappa shape index (κ2) is 8.43. The zero-order valence-electron chi connectivity index (χ0n) is 15.3. The number of carboxylic acid groups (broad SMARTS) is 1. The number of nitrogens with one attached hydrogen (secondary N) is 1. The van der Waals surface area contributed by atoms with Gasteiger partial charge in [0.15, 0.2) is 0 Å². The molecule has 3 N–H and O–H groups in total. The minimum absolute atomic E-state index is 0.0524. The van der Waals surface area contributed by atoms with Crippen LogP contribution < -0.4 is 10.9 Å². The first kappa shape index (κ1) is 20.8. The van der Waals surface area contributed by atoms with Crippen molar-refractivity contribution in [3.05, 3.63) is 38.7 Å². The van der Waals surface area contributed by atoms with E-state index in [2.05, 4.69) is 5.32 Å². The van der Waals surface area contributed by atoms with Crippen molar-refractivity contribution in [3.63, 3.8) is 0 Å². The summed E-state index contributed by atoms with van der Waals surface area (Å²) in [6.07, 6.45) is 0.655. The molecule has 0 spiro atoms. The summed E-state index contributed by atoms with van der Waals surface area (Å²) in [4.78, 5) is 35.7. The van der Waals surface area contributed by atoms with Gasteiger partial charge in [-0.05, 0) is 30.9 Å². The Morgan fingerprint density at radius 1 is 1.33 bits per heavy atom. The molecule has 2 aromatic rings. The Kier molecular flexibility index (Phi) is 6.49. The first-order valence-corrected chi connectivity index (χ1v) is 9.00. The van der Waals surface area contributed by atoms with Crippen molar-refractivity contribution >= 4 is 34.4 Å². The van der Waals surface area contributed by atoms with E-state index in [1.807, 2.05) is 6.92 Å². The molecule has 1 aromatic carbocycles. The number of benzene rings is 1. The van der Waals surface area contributed by atoms with Gasteiger partial charge < -0.3 is 19.9 Å². The van der Waals surface area contributed by atoms with Gasteiger partial charge in [0.05, 0.1) is 5.02 Å². The summed E-state index contributed by atoms with van der Waals surface area (Å²) in [5.74, 6) is -1.95. The summed E-state index contributed by atoms with van der Waals surface area (Å²) in [5, 5.41) is 22.1. The number of amides is 1. The summed E-state index contributed by atoms with van der Waals surface area (Å²) >= 11 is 5.92. The molecule has 0 bridgehead atoms. The lowest BCUT2D eigenvalue weighted by atomic mass is 9.98. The molecule has 1 aromatic heterocycles. The van der Waals surface area contributed by atoms with Crippen LogP contribution in [0.3, 0.4) is 0 Å². The van der Waals surface area contributed by atoms with E-state index in [4.69, 9.17) is 16.0 Å². The lowest BCUT2D eigenvalue weighted by Crippen LogP contribution is -2.45. The van der Waals surface area contributed by atoms with Gasteiger partial charge in [0, 0.05) is 23.4 Å². The van der Waals surface area contributed by atoms with Crippen LogP contribution >= 0.6 is 11.6 Å². The number of hydrogen-bond acceptors (Lipinski definition) is 5. The van der Waals surface area contributed by atoms with Crippen molar-refractivity contribution in [2.45, 2.75) is 46.1 Å². The Morgan fingerprint density at radius 3 is 2.59 bits per heavy atom. The normalized spacial score (nSPS) is 13.3. The highest BCUT2D eigenvalue weighted by atomic mass is 35.5. The molecule has 0 fully saturated rings. The largest absolute Gasteiger partial charge is 0.506 e. The fraction of sp³-hybridized carbons (Fsp3) is 0.421. The van der Waals surface area contributed by atoms with Crippen LogP contribution in [0.2, 0.25) is 5.02 Å². The first-order chi connectivity index (χ1) is 12.6. The lowest BCUT2D eigenvalue weighted by Gasteiger charge is -2.20. The molecule has 0 aliphatic rings. The maximum Gasteiger partial charge on any atom is 0.339 e. The van der Waals surface area contributed by atoms with Crippen molar-refractivity contribution in [1.29, 1.82) is 0 Å². The zero-order valence-corrected chi connectivity index (χ0v) is 16.1. The number of aliphatic carboxylic acids is 1. The number of phenols is 1. The second-order valence-electron chi connectivity index (χ2n) is 6.56. The van der Waals surface area contributed by atoms with Gasteiger partial charge in [-0.2, -0.15) is 0 Å². The van der Waals surface area contributed by atoms with Crippen LogP contribution in [0, 0.1) is 12.8 Å². The molecule has 1 amide bonds. The minimum atomic E-state index is -1.09. The third-order valence-electron chi connectivity index (χ3n) is 4.75. The van der Waals surface area contributed by atoms with E-state index in [1.54, 1.807) is 13.8 Å². The first-order valence-electron chi connectivity index (χ1n) is 8.62. The third kappa shape index (κ3) is 4.60. The van der Waals surface area contributed by atoms with Gasteiger partial charge in [0.25, 0.3) is 0 Å². The van der Waals surface area contributed by atoms with Crippen LogP contribution in [-0.4, -0.2) is 28.1 Å². The maximum absolute atomic E-state index is 12.2. The number of aromatic hydroxyl groups is 1. The molecule has 146 valence electrons. The Balaban J connectivity index is 2.21. The summed E-state index contributed by atoms with van der Waals surface area (Å²) in [5.41, 5.74) is 0.518. The van der Waals surface area contributed by atoms with E-state index < -0.39 is 23.5 Å². The molecule has 7 nitrogen and oxygen atoms in total. The van der Waals surface area contributed by atoms with Crippen molar-refractivity contribution in [3.8, 4) is 5.75 Å². The molecule has 0 radical (unpaired) electrons. The van der Waals surface area contributed by atoms with Crippen LogP contribution in [0.15, 0.2) is 21.3 Å². The van der Waals surface area contributed by atoms with Gasteiger partial charge in [-0.25, -0.2) is 9.59 Å². The highest BCUT2D eigenvalue weighted by molar-refractivity contribution is 6.32. The zero-order chi connectivity index (χ0) is 20.3. The van der Waals surface area contributed by atoms with E-state index in [0.29, 0.717) is 22.9 Å². The predicted octanol–water partition coefficient (Wildman–Crippen LogP) is 3.01. The van der Waals surface area contributed by atoms with Crippen LogP contribution in [-0.2, 0) is 16.0 Å². The molecule has 27 heavy (non-hydrogen) atoms. The molecule has 2 atom stereocenters. The molecule has 0 aliphatic heterocycles. The molecule has 0 unspecified atom stereocenters. The molecular weight excluding hydrogens is 374 g/mol. The number of phenolic OH excluding ortho intramolecular Hbond substituents is 1. The number of carbonyl (C=O) groups excluding carboxylic acids is 1. The SMILES string of the molecule is CC[C@@H](C)[C@@H](NC(=O)CCc1c(C)c2cc(Cl)c(O)cc2oc1=O)C(=O)O. The Morgan fingerprint density at radius 2 is 2.00 bits per heavy atom. The van der Waals surface area contributed by atoms with Crippen LogP contribution in [0.25, 0.3) is 11.0 Å². The predicted molar refractivity (Wildman–Crippen MR) is 101 cm³/mol. The second-order valence-corrected chi connectivity index (χ2v) is 6.97. The molecule has 0 saturated carbocycles. The minimum Gasteiger partial charge on any atom is -0.506 e. The standard InChI is InChI=1S/C19H22ClNO6/c1-4-9(2)17(18(24)25)21-16(23)6-5-11-10(3)12-7-13(20)14(22)8-15(12)27-19(11)26/h7-9,17,22H,4-6H2,1-3H3,(H,21,23)(H,24,25)/t9-,17-/m1/s1. The van der Waals surface area contributed by atoms with Gasteiger partial charge in [0.1, 0.15) is 17.4 Å². The van der Waals surface area contributed by atoms with Crippen LogP contribution in [0.1, 0.15) is 37.8 Å². The van der Waals surface area contributed by atoms with Crippen molar-refractivity contribution in [2.24, 2.45) is 5.92 Å². The highest BCUT2D eigenvalue weighted by Crippen LogP contribution is 2.30. The number of carboxylic acids is 1. The van der Waals surface area contributed by atoms with E-state index in [0.717, 1.165) is 0 Å². The highest BCUT2D eigenvalue weighted by Gasteiger charge is 2.25. The Bertz CT molecular complexity index is 936. The van der Waals surface area contributed by atoms with Crippen molar-refractivity contribution in [1.82, 2.24) is 5.32 Å². The topological polar surface area (TPSA) is 117 Å². The van der Waals surface area contributed by atoms with Crippen LogP contribution in [0.5, 0.6) is 5.75 Å². The molecule has 0 saturated heterocycles. The smallest absolute Gasteiger partial charge is 0.339 e. The Labute approximate surface area is 160 Å². The fourth-order valence-electron chi connectivity index (χ4n) is 2.85. The number of hydrogen-bond donors (Lipinski definition) is 3. The summed E-state index contributed by atoms with van der Waals surface area (Å²) in [6, 6.07) is 1.79. The van der Waals surface area contributed by atoms with E-state index in [1.165, 1.54) is 12.1 Å². The summed E-state index contributed by atoms with van der Waals surface area (Å²) in [7, 11) is 0. The van der Waals surface area contributed by atoms with E-state index >= 15 is 0 Å². The maximum atomic E-state index is 12.2. The average Bonchev–Trinajstić information content (AvgIpc) is 2.60. The number of aryl methyl sites for hydroxylation is 1. The fourth-order valence-corrected chi connectivity index (χ4v) is 3.02. The van der Waals surface area contributed by atoms with E-state index in [-0.39, 0.29) is 35.1 Å². The molecular formula is C19H22ClNO6. The van der Waals surface area contributed by atoms with Gasteiger partial charge in [-0.3, -0.25) is 4.79 Å². The van der Waals surface area contributed by atoms with Crippen molar-refractivity contribution < 1.29 is 24.2 Å². The monoisotopic (exact) mass is 395 g/mol. The number of halogens is 1. The van der Waals surface area contributed by atoms with Crippen molar-refractivity contribution in [2.75, 3.05) is 0 Å². The van der Waals surface area contributed by atoms with Crippen LogP contribution in [0.4, 0.5) is 0 Å². The average molecular weight is 396 g/mol. The lowest BCUT2D eigenvalue weighted by molar-refractivity contribution is -0.143. The van der Waals surface area contributed by atoms with E-state index in [9.17, 15) is 24.6 Å². The summed E-state index contributed by atoms with van der Waals surface area (Å²) < 4.78 is 5.22. The summed E-state index contributed by atoms with van der Waals surface area (Å²) in [6.45, 7) is 5.30. The number of carbonyl (C=O) groups is 2. The molecule has 0 aliphatic carbocycles. The third-order valence-corrected chi connectivity index (χ3v) is 5.06. The molecule has 1 heterocycles. The van der Waals surface area contributed by atoms with Gasteiger partial charge in [-0.1, -0.05) is 31.9 Å². The number of fused-ring (bicyclic) bond motifs is 1. The Hall–Kier alpha value is -2.54. The quantitative estimate of drug-likeness (QED) is 0.620. The van der Waals surface area contributed by atoms with Gasteiger partial charge >= 0.3 is 11.6 Å². The molecule has 2 rings (SSSR count).